The first kappa shape index (κ1) is 19.8. The molecule has 0 aliphatic carbocycles. The normalized spacial score (nSPS) is 24.6. The number of aromatic nitrogens is 2. The zero-order valence-electron chi connectivity index (χ0n) is 16.3. The molecule has 2 aliphatic rings. The van der Waals surface area contributed by atoms with Crippen molar-refractivity contribution < 1.29 is 4.79 Å². The molecule has 2 fully saturated rings. The predicted molar refractivity (Wildman–Crippen MR) is 108 cm³/mol. The van der Waals surface area contributed by atoms with E-state index in [-0.39, 0.29) is 18.3 Å². The van der Waals surface area contributed by atoms with E-state index in [4.69, 9.17) is 0 Å². The number of hydrogen-bond donors (Lipinski definition) is 0. The van der Waals surface area contributed by atoms with Gasteiger partial charge in [0, 0.05) is 37.3 Å². The fourth-order valence-corrected chi connectivity index (χ4v) is 4.80. The average Bonchev–Trinajstić information content (AvgIpc) is 3.11. The molecule has 3 atom stereocenters. The molecule has 1 amide bonds. The van der Waals surface area contributed by atoms with Gasteiger partial charge in [0.25, 0.3) is 5.91 Å². The van der Waals surface area contributed by atoms with Crippen molar-refractivity contribution in [3.05, 3.63) is 58.7 Å². The third kappa shape index (κ3) is 3.58. The maximum absolute atomic E-state index is 13.0. The van der Waals surface area contributed by atoms with Gasteiger partial charge < -0.3 is 4.90 Å². The van der Waals surface area contributed by atoms with E-state index >= 15 is 0 Å². The van der Waals surface area contributed by atoms with Crippen LogP contribution in [0.3, 0.4) is 0 Å². The summed E-state index contributed by atoms with van der Waals surface area (Å²) in [5.41, 5.74) is 4.09. The highest BCUT2D eigenvalue weighted by Crippen LogP contribution is 2.45. The molecular weight excluding hydrogens is 360 g/mol. The van der Waals surface area contributed by atoms with Gasteiger partial charge in [0.2, 0.25) is 0 Å². The number of halogens is 1. The van der Waals surface area contributed by atoms with E-state index in [2.05, 4.69) is 53.1 Å². The van der Waals surface area contributed by atoms with Crippen LogP contribution in [-0.4, -0.2) is 52.4 Å². The highest BCUT2D eigenvalue weighted by molar-refractivity contribution is 5.92. The average molecular weight is 387 g/mol. The molecular formula is C21H27ClN4O. The second kappa shape index (κ2) is 7.56. The molecule has 144 valence electrons. The summed E-state index contributed by atoms with van der Waals surface area (Å²) in [6.45, 7) is 8.59. The number of carbonyl (C=O) groups excluding carboxylic acids is 1. The summed E-state index contributed by atoms with van der Waals surface area (Å²) in [5.74, 6) is 1.70. The Labute approximate surface area is 167 Å². The predicted octanol–water partition coefficient (Wildman–Crippen LogP) is 3.20. The summed E-state index contributed by atoms with van der Waals surface area (Å²) < 4.78 is 0. The molecule has 0 spiro atoms. The lowest BCUT2D eigenvalue weighted by Gasteiger charge is -2.28. The molecule has 1 aromatic carbocycles. The van der Waals surface area contributed by atoms with E-state index in [1.807, 2.05) is 18.7 Å². The third-order valence-electron chi connectivity index (χ3n) is 5.87. The van der Waals surface area contributed by atoms with Crippen LogP contribution in [0.25, 0.3) is 0 Å². The van der Waals surface area contributed by atoms with Crippen LogP contribution >= 0.6 is 12.4 Å². The third-order valence-corrected chi connectivity index (χ3v) is 5.87. The number of amides is 1. The number of likely N-dealkylation sites (tertiary alicyclic amines) is 2. The Morgan fingerprint density at radius 2 is 1.81 bits per heavy atom. The Kier molecular flexibility index (Phi) is 5.54. The van der Waals surface area contributed by atoms with Crippen molar-refractivity contribution in [1.29, 1.82) is 0 Å². The Bertz CT molecular complexity index is 836. The maximum Gasteiger partial charge on any atom is 0.272 e. The molecule has 2 aromatic rings. The monoisotopic (exact) mass is 386 g/mol. The van der Waals surface area contributed by atoms with Gasteiger partial charge in [0.05, 0.1) is 0 Å². The van der Waals surface area contributed by atoms with Crippen LogP contribution in [0.15, 0.2) is 30.3 Å². The van der Waals surface area contributed by atoms with E-state index in [0.29, 0.717) is 29.4 Å². The Morgan fingerprint density at radius 1 is 1.07 bits per heavy atom. The highest BCUT2D eigenvalue weighted by atomic mass is 35.5. The second-order valence-electron chi connectivity index (χ2n) is 7.82. The van der Waals surface area contributed by atoms with Crippen LogP contribution in [0, 0.1) is 32.6 Å². The number of benzene rings is 1. The zero-order chi connectivity index (χ0) is 18.4. The lowest BCUT2D eigenvalue weighted by atomic mass is 9.88. The van der Waals surface area contributed by atoms with Crippen LogP contribution in [-0.2, 0) is 0 Å². The summed E-state index contributed by atoms with van der Waals surface area (Å²) in [4.78, 5) is 26.1. The molecule has 0 saturated carbocycles. The molecule has 0 N–H and O–H groups in total. The Morgan fingerprint density at radius 3 is 2.52 bits per heavy atom. The Balaban J connectivity index is 0.00000210. The molecule has 0 unspecified atom stereocenters. The van der Waals surface area contributed by atoms with E-state index < -0.39 is 0 Å². The largest absolute Gasteiger partial charge is 0.337 e. The van der Waals surface area contributed by atoms with E-state index in [0.717, 1.165) is 25.3 Å². The quantitative estimate of drug-likeness (QED) is 0.795. The van der Waals surface area contributed by atoms with Crippen LogP contribution < -0.4 is 0 Å². The summed E-state index contributed by atoms with van der Waals surface area (Å²) in [6, 6.07) is 10.8. The van der Waals surface area contributed by atoms with Gasteiger partial charge in [-0.15, -0.1) is 12.4 Å². The minimum absolute atomic E-state index is 0. The van der Waals surface area contributed by atoms with Crippen molar-refractivity contribution in [2.24, 2.45) is 11.8 Å². The number of hydrogen-bond acceptors (Lipinski definition) is 4. The fraction of sp³-hybridized carbons (Fsp3) is 0.476. The van der Waals surface area contributed by atoms with Gasteiger partial charge in [-0.1, -0.05) is 24.3 Å². The first-order valence-electron chi connectivity index (χ1n) is 9.31. The summed E-state index contributed by atoms with van der Waals surface area (Å²) >= 11 is 0. The van der Waals surface area contributed by atoms with Crippen molar-refractivity contribution in [3.63, 3.8) is 0 Å². The second-order valence-corrected chi connectivity index (χ2v) is 7.82. The van der Waals surface area contributed by atoms with Crippen molar-refractivity contribution >= 4 is 18.3 Å². The molecule has 4 rings (SSSR count). The van der Waals surface area contributed by atoms with E-state index in [1.165, 1.54) is 11.1 Å². The van der Waals surface area contributed by atoms with Gasteiger partial charge in [-0.2, -0.15) is 0 Å². The number of nitrogens with zero attached hydrogens (tertiary/aromatic N) is 4. The molecule has 0 bridgehead atoms. The summed E-state index contributed by atoms with van der Waals surface area (Å²) in [7, 11) is 2.21. The maximum atomic E-state index is 13.0. The summed E-state index contributed by atoms with van der Waals surface area (Å²) in [6.07, 6.45) is 0. The van der Waals surface area contributed by atoms with Crippen molar-refractivity contribution in [2.45, 2.75) is 26.8 Å². The Hall–Kier alpha value is -1.98. The first-order chi connectivity index (χ1) is 12.4. The molecule has 1 aromatic heterocycles. The molecule has 27 heavy (non-hydrogen) atoms. The minimum Gasteiger partial charge on any atom is -0.337 e. The van der Waals surface area contributed by atoms with Gasteiger partial charge in [-0.25, -0.2) is 9.97 Å². The summed E-state index contributed by atoms with van der Waals surface area (Å²) in [5, 5.41) is 0. The van der Waals surface area contributed by atoms with Crippen molar-refractivity contribution in [1.82, 2.24) is 19.8 Å². The van der Waals surface area contributed by atoms with Crippen LogP contribution in [0.1, 0.15) is 39.2 Å². The minimum atomic E-state index is 0. The number of aryl methyl sites for hydroxylation is 3. The van der Waals surface area contributed by atoms with Gasteiger partial charge in [-0.05, 0) is 50.9 Å². The van der Waals surface area contributed by atoms with E-state index in [9.17, 15) is 4.79 Å². The van der Waals surface area contributed by atoms with Gasteiger partial charge in [0.15, 0.2) is 0 Å². The van der Waals surface area contributed by atoms with Crippen molar-refractivity contribution in [2.75, 3.05) is 26.7 Å². The lowest BCUT2D eigenvalue weighted by molar-refractivity contribution is 0.0761. The molecule has 2 saturated heterocycles. The molecule has 3 heterocycles. The van der Waals surface area contributed by atoms with Gasteiger partial charge >= 0.3 is 0 Å². The molecule has 6 heteroatoms. The standard InChI is InChI=1S/C21H26N4O.ClH/c1-13-7-5-6-8-17(13)20-18-12-25(11-16(18)10-24(20)4)21(26)19-9-14(2)22-15(3)23-19;/h5-9,16,18,20H,10-12H2,1-4H3;1H/t16-,18+,20-;/m0./s1. The van der Waals surface area contributed by atoms with Crippen molar-refractivity contribution in [3.8, 4) is 0 Å². The first-order valence-corrected chi connectivity index (χ1v) is 9.31. The smallest absolute Gasteiger partial charge is 0.272 e. The fourth-order valence-electron chi connectivity index (χ4n) is 4.80. The highest BCUT2D eigenvalue weighted by Gasteiger charge is 2.47. The topological polar surface area (TPSA) is 49.3 Å². The zero-order valence-corrected chi connectivity index (χ0v) is 17.2. The molecule has 0 radical (unpaired) electrons. The van der Waals surface area contributed by atoms with Crippen LogP contribution in [0.5, 0.6) is 0 Å². The number of carbonyl (C=O) groups is 1. The molecule has 2 aliphatic heterocycles. The van der Waals surface area contributed by atoms with Gasteiger partial charge in [-0.3, -0.25) is 9.69 Å². The molecule has 5 nitrogen and oxygen atoms in total. The van der Waals surface area contributed by atoms with E-state index in [1.54, 1.807) is 6.07 Å². The van der Waals surface area contributed by atoms with Crippen LogP contribution in [0.2, 0.25) is 0 Å². The SMILES string of the molecule is Cc1cc(C(=O)N2C[C@@H]3CN(C)[C@@H](c4ccccc4C)[C@@H]3C2)nc(C)n1.Cl. The number of rotatable bonds is 2. The van der Waals surface area contributed by atoms with Gasteiger partial charge in [0.1, 0.15) is 11.5 Å². The lowest BCUT2D eigenvalue weighted by Crippen LogP contribution is -2.34. The number of fused-ring (bicyclic) bond motifs is 1. The van der Waals surface area contributed by atoms with Crippen LogP contribution in [0.4, 0.5) is 0 Å².